The van der Waals surface area contributed by atoms with Crippen molar-refractivity contribution in [3.05, 3.63) is 60.2 Å². The van der Waals surface area contributed by atoms with Crippen LogP contribution in [0.3, 0.4) is 0 Å². The zero-order valence-electron chi connectivity index (χ0n) is 9.45. The second-order valence-electron chi connectivity index (χ2n) is 3.85. The molecule has 4 nitrogen and oxygen atoms in total. The minimum Gasteiger partial charge on any atom is -0.364 e. The fraction of sp³-hybridized carbons (Fsp3) is 0.0769. The van der Waals surface area contributed by atoms with Gasteiger partial charge in [-0.25, -0.2) is 4.39 Å². The van der Waals surface area contributed by atoms with E-state index in [2.05, 4.69) is 10.3 Å². The van der Waals surface area contributed by atoms with E-state index in [0.29, 0.717) is 17.8 Å². The highest BCUT2D eigenvalue weighted by Gasteiger charge is 2.10. The van der Waals surface area contributed by atoms with E-state index in [4.69, 9.17) is 4.52 Å². The Bertz CT molecular complexity index is 646. The summed E-state index contributed by atoms with van der Waals surface area (Å²) in [6, 6.07) is 10.2. The van der Waals surface area contributed by atoms with Gasteiger partial charge in [-0.2, -0.15) is 5.10 Å². The van der Waals surface area contributed by atoms with Crippen LogP contribution in [0.15, 0.2) is 53.4 Å². The predicted molar refractivity (Wildman–Crippen MR) is 63.2 cm³/mol. The van der Waals surface area contributed by atoms with Gasteiger partial charge in [0.05, 0.1) is 12.2 Å². The summed E-state index contributed by atoms with van der Waals surface area (Å²) in [6.45, 7) is 0.363. The Labute approximate surface area is 103 Å². The van der Waals surface area contributed by atoms with E-state index >= 15 is 0 Å². The molecule has 0 spiro atoms. The lowest BCUT2D eigenvalue weighted by Gasteiger charge is -2.06. The maximum atomic E-state index is 13.6. The highest BCUT2D eigenvalue weighted by Crippen LogP contribution is 2.18. The van der Waals surface area contributed by atoms with Crippen LogP contribution in [0, 0.1) is 5.82 Å². The number of aromatic nitrogens is 3. The predicted octanol–water partition coefficient (Wildman–Crippen LogP) is 2.73. The zero-order valence-corrected chi connectivity index (χ0v) is 9.45. The molecule has 0 N–H and O–H groups in total. The standard InChI is InChI=1S/C13H10FN3O/c14-11-4-2-1-3-10(11)9-17-13(5-7-15-17)12-6-8-18-16-12/h1-8H,9H2. The van der Waals surface area contributed by atoms with Gasteiger partial charge >= 0.3 is 0 Å². The minimum absolute atomic E-state index is 0.237. The van der Waals surface area contributed by atoms with Crippen LogP contribution in [0.5, 0.6) is 0 Å². The van der Waals surface area contributed by atoms with Crippen molar-refractivity contribution >= 4 is 0 Å². The van der Waals surface area contributed by atoms with Gasteiger partial charge < -0.3 is 4.52 Å². The number of rotatable bonds is 3. The molecule has 1 aromatic carbocycles. The van der Waals surface area contributed by atoms with Gasteiger partial charge in [0.25, 0.3) is 0 Å². The summed E-state index contributed by atoms with van der Waals surface area (Å²) in [6.07, 6.45) is 3.15. The summed E-state index contributed by atoms with van der Waals surface area (Å²) >= 11 is 0. The molecule has 2 aromatic heterocycles. The quantitative estimate of drug-likeness (QED) is 0.710. The van der Waals surface area contributed by atoms with Crippen LogP contribution >= 0.6 is 0 Å². The van der Waals surface area contributed by atoms with Crippen LogP contribution in [0.2, 0.25) is 0 Å². The van der Waals surface area contributed by atoms with Crippen molar-refractivity contribution in [2.75, 3.05) is 0 Å². The molecule has 2 heterocycles. The lowest BCUT2D eigenvalue weighted by atomic mass is 10.2. The second-order valence-corrected chi connectivity index (χ2v) is 3.85. The molecule has 90 valence electrons. The molecule has 0 aliphatic rings. The Morgan fingerprint density at radius 2 is 2.06 bits per heavy atom. The molecule has 5 heteroatoms. The van der Waals surface area contributed by atoms with Gasteiger partial charge in [-0.15, -0.1) is 0 Å². The summed E-state index contributed by atoms with van der Waals surface area (Å²) in [5.74, 6) is -0.237. The van der Waals surface area contributed by atoms with Gasteiger partial charge in [0.15, 0.2) is 0 Å². The molecular weight excluding hydrogens is 233 g/mol. The molecule has 0 atom stereocenters. The van der Waals surface area contributed by atoms with Crippen molar-refractivity contribution in [2.45, 2.75) is 6.54 Å². The SMILES string of the molecule is Fc1ccccc1Cn1nccc1-c1ccon1. The summed E-state index contributed by atoms with van der Waals surface area (Å²) in [5.41, 5.74) is 2.07. The molecule has 0 aliphatic heterocycles. The van der Waals surface area contributed by atoms with Crippen LogP contribution in [0.4, 0.5) is 4.39 Å². The van der Waals surface area contributed by atoms with Gasteiger partial charge in [0, 0.05) is 17.8 Å². The topological polar surface area (TPSA) is 43.9 Å². The van der Waals surface area contributed by atoms with Crippen molar-refractivity contribution in [3.63, 3.8) is 0 Å². The Morgan fingerprint density at radius 3 is 2.83 bits per heavy atom. The third-order valence-corrected chi connectivity index (χ3v) is 2.69. The highest BCUT2D eigenvalue weighted by molar-refractivity contribution is 5.52. The molecule has 0 unspecified atom stereocenters. The summed E-state index contributed by atoms with van der Waals surface area (Å²) in [4.78, 5) is 0. The summed E-state index contributed by atoms with van der Waals surface area (Å²) in [5, 5.41) is 8.03. The third kappa shape index (κ3) is 1.90. The van der Waals surface area contributed by atoms with E-state index in [9.17, 15) is 4.39 Å². The van der Waals surface area contributed by atoms with E-state index in [1.165, 1.54) is 12.3 Å². The van der Waals surface area contributed by atoms with Gasteiger partial charge in [-0.05, 0) is 12.1 Å². The molecule has 3 rings (SSSR count). The normalized spacial score (nSPS) is 10.7. The van der Waals surface area contributed by atoms with Gasteiger partial charge in [0.1, 0.15) is 17.8 Å². The van der Waals surface area contributed by atoms with Gasteiger partial charge in [-0.3, -0.25) is 4.68 Å². The second kappa shape index (κ2) is 4.44. The average molecular weight is 243 g/mol. The van der Waals surface area contributed by atoms with Crippen LogP contribution in [-0.4, -0.2) is 14.9 Å². The Balaban J connectivity index is 1.95. The first-order valence-corrected chi connectivity index (χ1v) is 5.50. The van der Waals surface area contributed by atoms with Crippen LogP contribution < -0.4 is 0 Å². The first kappa shape index (κ1) is 10.7. The summed E-state index contributed by atoms with van der Waals surface area (Å²) in [7, 11) is 0. The molecular formula is C13H10FN3O. The van der Waals surface area contributed by atoms with E-state index in [-0.39, 0.29) is 5.82 Å². The summed E-state index contributed by atoms with van der Waals surface area (Å²) < 4.78 is 20.1. The Morgan fingerprint density at radius 1 is 1.17 bits per heavy atom. The maximum Gasteiger partial charge on any atom is 0.131 e. The molecule has 0 amide bonds. The van der Waals surface area contributed by atoms with Crippen molar-refractivity contribution in [3.8, 4) is 11.4 Å². The maximum absolute atomic E-state index is 13.6. The van der Waals surface area contributed by atoms with Crippen molar-refractivity contribution < 1.29 is 8.91 Å². The number of benzene rings is 1. The molecule has 3 aromatic rings. The fourth-order valence-corrected chi connectivity index (χ4v) is 1.81. The lowest BCUT2D eigenvalue weighted by molar-refractivity contribution is 0.421. The van der Waals surface area contributed by atoms with E-state index in [0.717, 1.165) is 5.69 Å². The highest BCUT2D eigenvalue weighted by atomic mass is 19.1. The zero-order chi connectivity index (χ0) is 12.4. The minimum atomic E-state index is -0.237. The van der Waals surface area contributed by atoms with Crippen molar-refractivity contribution in [1.29, 1.82) is 0 Å². The number of nitrogens with zero attached hydrogens (tertiary/aromatic N) is 3. The molecule has 0 fully saturated rings. The first-order chi connectivity index (χ1) is 8.84. The lowest BCUT2D eigenvalue weighted by Crippen LogP contribution is -2.05. The molecule has 0 saturated heterocycles. The monoisotopic (exact) mass is 243 g/mol. The van der Waals surface area contributed by atoms with Crippen LogP contribution in [0.1, 0.15) is 5.56 Å². The number of halogens is 1. The average Bonchev–Trinajstić information content (AvgIpc) is 3.02. The first-order valence-electron chi connectivity index (χ1n) is 5.50. The number of hydrogen-bond acceptors (Lipinski definition) is 3. The van der Waals surface area contributed by atoms with Gasteiger partial charge in [-0.1, -0.05) is 23.4 Å². The van der Waals surface area contributed by atoms with Crippen LogP contribution in [0.25, 0.3) is 11.4 Å². The Hall–Kier alpha value is -2.43. The van der Waals surface area contributed by atoms with Crippen LogP contribution in [-0.2, 0) is 6.54 Å². The molecule has 18 heavy (non-hydrogen) atoms. The van der Waals surface area contributed by atoms with Crippen molar-refractivity contribution in [1.82, 2.24) is 14.9 Å². The van der Waals surface area contributed by atoms with Gasteiger partial charge in [0.2, 0.25) is 0 Å². The molecule has 0 radical (unpaired) electrons. The van der Waals surface area contributed by atoms with E-state index in [1.807, 2.05) is 6.07 Å². The Kier molecular flexibility index (Phi) is 2.64. The molecule has 0 bridgehead atoms. The smallest absolute Gasteiger partial charge is 0.131 e. The van der Waals surface area contributed by atoms with Crippen molar-refractivity contribution in [2.24, 2.45) is 0 Å². The van der Waals surface area contributed by atoms with E-state index in [1.54, 1.807) is 35.1 Å². The largest absolute Gasteiger partial charge is 0.364 e. The molecule has 0 saturated carbocycles. The molecule has 0 aliphatic carbocycles. The fourth-order valence-electron chi connectivity index (χ4n) is 1.81. The number of hydrogen-bond donors (Lipinski definition) is 0. The van der Waals surface area contributed by atoms with E-state index < -0.39 is 0 Å². The third-order valence-electron chi connectivity index (χ3n) is 2.69.